The molecule has 1 heterocycles. The van der Waals surface area contributed by atoms with E-state index < -0.39 is 17.3 Å². The number of carbonyl (C=O) groups excluding carboxylic acids is 1. The maximum Gasteiger partial charge on any atom is 0.291 e. The molecule has 6 heteroatoms. The summed E-state index contributed by atoms with van der Waals surface area (Å²) in [6.07, 6.45) is 0.752. The van der Waals surface area contributed by atoms with E-state index in [0.717, 1.165) is 0 Å². The van der Waals surface area contributed by atoms with Crippen LogP contribution in [0.2, 0.25) is 0 Å². The Balaban J connectivity index is 3.04. The van der Waals surface area contributed by atoms with Crippen LogP contribution in [0.5, 0.6) is 0 Å². The number of rotatable bonds is 3. The molecule has 0 aliphatic rings. The molecule has 13 heavy (non-hydrogen) atoms. The van der Waals surface area contributed by atoms with E-state index in [1.54, 1.807) is 0 Å². The number of nitro groups is 1. The van der Waals surface area contributed by atoms with Crippen molar-refractivity contribution in [1.29, 1.82) is 0 Å². The maximum absolute atomic E-state index is 10.4. The Morgan fingerprint density at radius 2 is 2.31 bits per heavy atom. The average molecular weight is 181 g/mol. The van der Waals surface area contributed by atoms with Crippen molar-refractivity contribution < 1.29 is 14.8 Å². The SMILES string of the molecule is O=C([O-])Cc1ncccc1[N+](=O)[O-]. The molecule has 68 valence electrons. The summed E-state index contributed by atoms with van der Waals surface area (Å²) < 4.78 is 0. The van der Waals surface area contributed by atoms with Gasteiger partial charge in [-0.05, 0) is 6.07 Å². The first-order chi connectivity index (χ1) is 6.11. The highest BCUT2D eigenvalue weighted by atomic mass is 16.6. The van der Waals surface area contributed by atoms with E-state index in [2.05, 4.69) is 4.98 Å². The maximum atomic E-state index is 10.4. The van der Waals surface area contributed by atoms with Gasteiger partial charge in [0.15, 0.2) is 0 Å². The van der Waals surface area contributed by atoms with Crippen LogP contribution in [0.3, 0.4) is 0 Å². The molecule has 0 radical (unpaired) electrons. The van der Waals surface area contributed by atoms with Gasteiger partial charge in [0.05, 0.1) is 4.92 Å². The van der Waals surface area contributed by atoms with Gasteiger partial charge in [0.1, 0.15) is 5.69 Å². The van der Waals surface area contributed by atoms with Crippen LogP contribution in [0, 0.1) is 10.1 Å². The number of aromatic nitrogens is 1. The number of carboxylic acids is 1. The lowest BCUT2D eigenvalue weighted by molar-refractivity contribution is -0.386. The molecule has 0 saturated carbocycles. The Morgan fingerprint density at radius 1 is 1.62 bits per heavy atom. The number of pyridine rings is 1. The third-order valence-electron chi connectivity index (χ3n) is 1.37. The summed E-state index contributed by atoms with van der Waals surface area (Å²) in [5.74, 6) is -1.39. The van der Waals surface area contributed by atoms with Crippen molar-refractivity contribution in [2.45, 2.75) is 6.42 Å². The summed E-state index contributed by atoms with van der Waals surface area (Å²) in [7, 11) is 0. The molecule has 0 saturated heterocycles. The summed E-state index contributed by atoms with van der Waals surface area (Å²) in [5, 5.41) is 20.5. The molecule has 1 aromatic rings. The normalized spacial score (nSPS) is 9.54. The summed E-state index contributed by atoms with van der Waals surface area (Å²) in [6, 6.07) is 2.57. The predicted octanol–water partition coefficient (Wildman–Crippen LogP) is -0.718. The van der Waals surface area contributed by atoms with E-state index >= 15 is 0 Å². The largest absolute Gasteiger partial charge is 0.550 e. The Labute approximate surface area is 73.0 Å². The smallest absolute Gasteiger partial charge is 0.291 e. The van der Waals surface area contributed by atoms with Crippen LogP contribution < -0.4 is 5.11 Å². The minimum atomic E-state index is -1.39. The molecule has 0 aromatic carbocycles. The van der Waals surface area contributed by atoms with Gasteiger partial charge in [-0.25, -0.2) is 0 Å². The number of nitrogens with zero attached hydrogens (tertiary/aromatic N) is 2. The van der Waals surface area contributed by atoms with Crippen molar-refractivity contribution in [3.05, 3.63) is 34.1 Å². The molecule has 0 aliphatic heterocycles. The van der Waals surface area contributed by atoms with E-state index in [9.17, 15) is 20.0 Å². The topological polar surface area (TPSA) is 96.2 Å². The second-order valence-electron chi connectivity index (χ2n) is 2.28. The molecule has 1 rings (SSSR count). The molecule has 0 amide bonds. The minimum Gasteiger partial charge on any atom is -0.550 e. The predicted molar refractivity (Wildman–Crippen MR) is 39.6 cm³/mol. The Hall–Kier alpha value is -1.98. The van der Waals surface area contributed by atoms with Gasteiger partial charge in [0.2, 0.25) is 0 Å². The molecular weight excluding hydrogens is 176 g/mol. The second-order valence-corrected chi connectivity index (χ2v) is 2.28. The molecule has 0 unspecified atom stereocenters. The zero-order valence-electron chi connectivity index (χ0n) is 6.47. The summed E-state index contributed by atoms with van der Waals surface area (Å²) in [6.45, 7) is 0. The number of carboxylic acid groups (broad SMARTS) is 1. The zero-order chi connectivity index (χ0) is 9.84. The first-order valence-electron chi connectivity index (χ1n) is 3.39. The number of hydrogen-bond donors (Lipinski definition) is 0. The molecule has 0 aliphatic carbocycles. The minimum absolute atomic E-state index is 0.0903. The number of carbonyl (C=O) groups is 1. The third kappa shape index (κ3) is 2.22. The number of hydrogen-bond acceptors (Lipinski definition) is 5. The van der Waals surface area contributed by atoms with Gasteiger partial charge < -0.3 is 9.90 Å². The van der Waals surface area contributed by atoms with Crippen LogP contribution in [0.15, 0.2) is 18.3 Å². The van der Waals surface area contributed by atoms with Crippen LogP contribution in [-0.4, -0.2) is 15.9 Å². The fourth-order valence-corrected chi connectivity index (χ4v) is 0.869. The van der Waals surface area contributed by atoms with Crippen molar-refractivity contribution >= 4 is 11.7 Å². The first kappa shape index (κ1) is 9.11. The zero-order valence-corrected chi connectivity index (χ0v) is 6.47. The molecule has 0 atom stereocenters. The molecule has 1 aromatic heterocycles. The van der Waals surface area contributed by atoms with E-state index in [1.807, 2.05) is 0 Å². The summed E-state index contributed by atoms with van der Waals surface area (Å²) >= 11 is 0. The summed E-state index contributed by atoms with van der Waals surface area (Å²) in [5.41, 5.74) is -0.390. The molecule has 6 nitrogen and oxygen atoms in total. The van der Waals surface area contributed by atoms with E-state index in [4.69, 9.17) is 0 Å². The molecule has 0 N–H and O–H groups in total. The van der Waals surface area contributed by atoms with E-state index in [0.29, 0.717) is 0 Å². The van der Waals surface area contributed by atoms with Gasteiger partial charge >= 0.3 is 0 Å². The van der Waals surface area contributed by atoms with Crippen molar-refractivity contribution in [2.24, 2.45) is 0 Å². The van der Waals surface area contributed by atoms with E-state index in [1.165, 1.54) is 18.3 Å². The number of aliphatic carboxylic acids is 1. The highest BCUT2D eigenvalue weighted by Crippen LogP contribution is 2.14. The van der Waals surface area contributed by atoms with Crippen LogP contribution in [0.25, 0.3) is 0 Å². The third-order valence-corrected chi connectivity index (χ3v) is 1.37. The Bertz CT molecular complexity index is 350. The van der Waals surface area contributed by atoms with Crippen LogP contribution in [-0.2, 0) is 11.2 Å². The van der Waals surface area contributed by atoms with Crippen LogP contribution in [0.4, 0.5) is 5.69 Å². The van der Waals surface area contributed by atoms with Crippen molar-refractivity contribution in [3.63, 3.8) is 0 Å². The van der Waals surface area contributed by atoms with Gasteiger partial charge in [-0.2, -0.15) is 0 Å². The van der Waals surface area contributed by atoms with Crippen molar-refractivity contribution in [2.75, 3.05) is 0 Å². The molecule has 0 spiro atoms. The van der Waals surface area contributed by atoms with Gasteiger partial charge in [0.25, 0.3) is 5.69 Å². The van der Waals surface area contributed by atoms with Crippen LogP contribution >= 0.6 is 0 Å². The lowest BCUT2D eigenvalue weighted by Crippen LogP contribution is -2.25. The second kappa shape index (κ2) is 3.61. The fraction of sp³-hybridized carbons (Fsp3) is 0.143. The van der Waals surface area contributed by atoms with Crippen LogP contribution in [0.1, 0.15) is 5.69 Å². The Kier molecular flexibility index (Phi) is 2.53. The lowest BCUT2D eigenvalue weighted by atomic mass is 10.2. The van der Waals surface area contributed by atoms with Gasteiger partial charge in [-0.3, -0.25) is 15.1 Å². The first-order valence-corrected chi connectivity index (χ1v) is 3.39. The summed E-state index contributed by atoms with van der Waals surface area (Å²) in [4.78, 5) is 23.4. The molecule has 0 bridgehead atoms. The quantitative estimate of drug-likeness (QED) is 0.453. The highest BCUT2D eigenvalue weighted by molar-refractivity contribution is 5.68. The van der Waals surface area contributed by atoms with Gasteiger partial charge in [0, 0.05) is 24.7 Å². The standard InChI is InChI=1S/C7H6N2O4/c10-7(11)4-5-6(9(12)13)2-1-3-8-5/h1-3H,4H2,(H,10,11)/p-1. The van der Waals surface area contributed by atoms with Crippen molar-refractivity contribution in [3.8, 4) is 0 Å². The molecule has 0 fully saturated rings. The Morgan fingerprint density at radius 3 is 2.85 bits per heavy atom. The molecular formula is C7H5N2O4-. The fourth-order valence-electron chi connectivity index (χ4n) is 0.869. The lowest BCUT2D eigenvalue weighted by Gasteiger charge is -2.01. The monoisotopic (exact) mass is 181 g/mol. The van der Waals surface area contributed by atoms with Gasteiger partial charge in [-0.15, -0.1) is 0 Å². The average Bonchev–Trinajstić information content (AvgIpc) is 2.03. The van der Waals surface area contributed by atoms with Gasteiger partial charge in [-0.1, -0.05) is 0 Å². The van der Waals surface area contributed by atoms with Crippen molar-refractivity contribution in [1.82, 2.24) is 4.98 Å². The van der Waals surface area contributed by atoms with E-state index in [-0.39, 0.29) is 11.4 Å². The highest BCUT2D eigenvalue weighted by Gasteiger charge is 2.13.